The van der Waals surface area contributed by atoms with E-state index in [9.17, 15) is 32.3 Å². The fourth-order valence-corrected chi connectivity index (χ4v) is 5.83. The number of hydrogen-bond donors (Lipinski definition) is 2. The van der Waals surface area contributed by atoms with Gasteiger partial charge >= 0.3 is 12.3 Å². The lowest BCUT2D eigenvalue weighted by atomic mass is 9.88. The molecule has 1 saturated carbocycles. The van der Waals surface area contributed by atoms with E-state index in [-0.39, 0.29) is 65.1 Å². The highest BCUT2D eigenvalue weighted by atomic mass is 35.5. The van der Waals surface area contributed by atoms with Gasteiger partial charge in [0.25, 0.3) is 5.91 Å². The van der Waals surface area contributed by atoms with Crippen LogP contribution in [-0.2, 0) is 33.6 Å². The Morgan fingerprint density at radius 2 is 2.00 bits per heavy atom. The summed E-state index contributed by atoms with van der Waals surface area (Å²) in [7, 11) is 0. The van der Waals surface area contributed by atoms with Gasteiger partial charge in [-0.15, -0.1) is 0 Å². The smallest absolute Gasteiger partial charge is 0.446 e. The monoisotopic (exact) mass is 608 g/mol. The Kier molecular flexibility index (Phi) is 6.78. The molecule has 16 heteroatoms. The summed E-state index contributed by atoms with van der Waals surface area (Å²) in [6.07, 6.45) is -4.66. The van der Waals surface area contributed by atoms with Gasteiger partial charge in [0.1, 0.15) is 18.0 Å². The summed E-state index contributed by atoms with van der Waals surface area (Å²) in [5, 5.41) is 4.60. The Labute approximate surface area is 239 Å². The molecule has 2 fully saturated rings. The van der Waals surface area contributed by atoms with E-state index in [0.717, 1.165) is 9.47 Å². The van der Waals surface area contributed by atoms with E-state index in [0.29, 0.717) is 0 Å². The van der Waals surface area contributed by atoms with E-state index < -0.39 is 66.4 Å². The minimum Gasteiger partial charge on any atom is -0.446 e. The third-order valence-corrected chi connectivity index (χ3v) is 7.97. The number of imide groups is 1. The number of ether oxygens (including phenoxy) is 1. The lowest BCUT2D eigenvalue weighted by Crippen LogP contribution is -2.52. The minimum absolute atomic E-state index is 0.0331. The number of nitrogens with zero attached hydrogens (tertiary/aromatic N) is 4. The predicted octanol–water partition coefficient (Wildman–Crippen LogP) is 3.63. The Morgan fingerprint density at radius 1 is 1.24 bits per heavy atom. The van der Waals surface area contributed by atoms with Crippen LogP contribution in [-0.4, -0.2) is 55.4 Å². The fourth-order valence-electron chi connectivity index (χ4n) is 5.54. The van der Waals surface area contributed by atoms with E-state index in [1.165, 1.54) is 24.4 Å². The minimum atomic E-state index is -4.70. The highest BCUT2D eigenvalue weighted by molar-refractivity contribution is 6.32. The Balaban J connectivity index is 1.09. The molecule has 4 heterocycles. The molecule has 4 amide bonds. The summed E-state index contributed by atoms with van der Waals surface area (Å²) in [5.74, 6) is -3.87. The van der Waals surface area contributed by atoms with Gasteiger partial charge in [-0.2, -0.15) is 13.2 Å². The summed E-state index contributed by atoms with van der Waals surface area (Å²) in [4.78, 5) is 57.8. The molecular weight excluding hydrogens is 588 g/mol. The molecule has 0 bridgehead atoms. The molecule has 0 unspecified atom stereocenters. The maximum absolute atomic E-state index is 15.4. The van der Waals surface area contributed by atoms with Crippen molar-refractivity contribution in [3.63, 3.8) is 0 Å². The van der Waals surface area contributed by atoms with Crippen LogP contribution in [0.2, 0.25) is 5.02 Å². The fraction of sp³-hybridized carbons (Fsp3) is 0.385. The van der Waals surface area contributed by atoms with Gasteiger partial charge in [-0.1, -0.05) is 11.6 Å². The summed E-state index contributed by atoms with van der Waals surface area (Å²) < 4.78 is 62.5. The third-order valence-electron chi connectivity index (χ3n) is 7.63. The van der Waals surface area contributed by atoms with E-state index >= 15 is 4.39 Å². The Hall–Kier alpha value is -4.27. The molecule has 11 nitrogen and oxygen atoms in total. The van der Waals surface area contributed by atoms with Crippen molar-refractivity contribution >= 4 is 46.6 Å². The van der Waals surface area contributed by atoms with Crippen molar-refractivity contribution in [2.45, 2.75) is 63.1 Å². The molecule has 6 rings (SSSR count). The van der Waals surface area contributed by atoms with E-state index in [2.05, 4.69) is 20.6 Å². The topological polar surface area (TPSA) is 136 Å². The third kappa shape index (κ3) is 4.80. The zero-order valence-electron chi connectivity index (χ0n) is 21.5. The van der Waals surface area contributed by atoms with Crippen LogP contribution in [0.1, 0.15) is 59.0 Å². The first-order valence-electron chi connectivity index (χ1n) is 12.9. The first-order valence-corrected chi connectivity index (χ1v) is 13.3. The number of alkyl halides is 3. The van der Waals surface area contributed by atoms with E-state index in [4.69, 9.17) is 16.3 Å². The quantitative estimate of drug-likeness (QED) is 0.334. The van der Waals surface area contributed by atoms with Gasteiger partial charge < -0.3 is 19.5 Å². The molecule has 220 valence electrons. The molecule has 1 saturated heterocycles. The molecule has 0 spiro atoms. The molecule has 3 aliphatic rings. The summed E-state index contributed by atoms with van der Waals surface area (Å²) >= 11 is 6.32. The van der Waals surface area contributed by atoms with Crippen molar-refractivity contribution in [1.29, 1.82) is 0 Å². The number of halogens is 5. The average Bonchev–Trinajstić information content (AvgIpc) is 3.46. The van der Waals surface area contributed by atoms with E-state index in [1.54, 1.807) is 0 Å². The number of aromatic nitrogens is 3. The van der Waals surface area contributed by atoms with Crippen LogP contribution in [0.25, 0.3) is 11.2 Å². The summed E-state index contributed by atoms with van der Waals surface area (Å²) in [5.41, 5.74) is -0.0566. The normalized spacial score (nSPS) is 22.2. The first-order chi connectivity index (χ1) is 19.9. The van der Waals surface area contributed by atoms with Gasteiger partial charge in [0.2, 0.25) is 17.6 Å². The number of piperidine rings is 1. The van der Waals surface area contributed by atoms with Gasteiger partial charge in [0.05, 0.1) is 11.1 Å². The maximum Gasteiger partial charge on any atom is 0.449 e. The molecule has 1 aliphatic carbocycles. The van der Waals surface area contributed by atoms with Crippen LogP contribution < -0.4 is 10.6 Å². The number of carbonyl (C=O) groups excluding carboxylic acids is 4. The second-order valence-corrected chi connectivity index (χ2v) is 10.6. The van der Waals surface area contributed by atoms with Gasteiger partial charge in [-0.25, -0.2) is 19.2 Å². The second kappa shape index (κ2) is 10.2. The number of imidazole rings is 1. The van der Waals surface area contributed by atoms with Crippen LogP contribution in [0, 0.1) is 5.82 Å². The van der Waals surface area contributed by atoms with Crippen LogP contribution >= 0.6 is 11.6 Å². The molecule has 3 aromatic rings. The molecule has 2 N–H and O–H groups in total. The largest absolute Gasteiger partial charge is 0.449 e. The van der Waals surface area contributed by atoms with Crippen LogP contribution in [0.4, 0.5) is 22.4 Å². The number of amides is 4. The molecule has 2 aliphatic heterocycles. The van der Waals surface area contributed by atoms with Gasteiger partial charge in [-0.05, 0) is 24.6 Å². The molecule has 0 radical (unpaired) electrons. The van der Waals surface area contributed by atoms with Gasteiger partial charge in [-0.3, -0.25) is 19.7 Å². The molecule has 1 atom stereocenters. The maximum atomic E-state index is 15.4. The van der Waals surface area contributed by atoms with Gasteiger partial charge in [0.15, 0.2) is 5.65 Å². The first kappa shape index (κ1) is 27.9. The van der Waals surface area contributed by atoms with Crippen molar-refractivity contribution in [2.75, 3.05) is 0 Å². The second-order valence-electron chi connectivity index (χ2n) is 10.2. The van der Waals surface area contributed by atoms with Crippen molar-refractivity contribution in [2.24, 2.45) is 0 Å². The van der Waals surface area contributed by atoms with Crippen molar-refractivity contribution in [3.8, 4) is 0 Å². The molecular formula is C26H21ClF4N6O5. The highest BCUT2D eigenvalue weighted by Crippen LogP contribution is 2.41. The number of hydrogen-bond acceptors (Lipinski definition) is 7. The number of alkyl carbamates (subject to hydrolysis) is 1. The van der Waals surface area contributed by atoms with Crippen molar-refractivity contribution in [3.05, 3.63) is 57.8 Å². The number of pyridine rings is 1. The van der Waals surface area contributed by atoms with Crippen LogP contribution in [0.3, 0.4) is 0 Å². The predicted molar refractivity (Wildman–Crippen MR) is 135 cm³/mol. The Bertz CT molecular complexity index is 1650. The lowest BCUT2D eigenvalue weighted by molar-refractivity contribution is -0.149. The number of benzene rings is 1. The molecule has 1 aromatic carbocycles. The van der Waals surface area contributed by atoms with Gasteiger partial charge in [0, 0.05) is 60.7 Å². The lowest BCUT2D eigenvalue weighted by Gasteiger charge is -2.36. The standard InChI is InChI=1S/C26H21ClF4N6O5/c27-15-6-11(20(28)19-14(15)10-36(23(19)40)17-3-4-18(38)34-22(17)39)9-33-25(41)42-13-7-12(8-13)37-16-2-1-5-32-21(16)35-24(37)26(29,30)31/h1-2,5-6,12-13,17H,3-4,7-10H2,(H,33,41)(H,34,38,39)/t12?,13?,17-/m0/s1. The van der Waals surface area contributed by atoms with Crippen LogP contribution in [0.5, 0.6) is 0 Å². The molecule has 2 aromatic heterocycles. The SMILES string of the molecule is O=C1CC[C@H](N2Cc3c(Cl)cc(CNC(=O)OC4CC(n5c(C(F)(F)F)nc6ncccc65)C4)c(F)c3C2=O)C(=O)N1. The number of rotatable bonds is 5. The summed E-state index contributed by atoms with van der Waals surface area (Å²) in [6, 6.07) is 2.67. The molecule has 42 heavy (non-hydrogen) atoms. The van der Waals surface area contributed by atoms with Crippen molar-refractivity contribution < 1.29 is 41.5 Å². The average molecular weight is 609 g/mol. The zero-order valence-corrected chi connectivity index (χ0v) is 22.3. The van der Waals surface area contributed by atoms with Crippen molar-refractivity contribution in [1.82, 2.24) is 30.1 Å². The number of nitrogens with one attached hydrogen (secondary N) is 2. The number of carbonyl (C=O) groups is 4. The highest BCUT2D eigenvalue weighted by Gasteiger charge is 2.44. The zero-order chi connectivity index (χ0) is 29.9. The van der Waals surface area contributed by atoms with Crippen LogP contribution in [0.15, 0.2) is 24.4 Å². The summed E-state index contributed by atoms with van der Waals surface area (Å²) in [6.45, 7) is -0.511. The Morgan fingerprint density at radius 3 is 2.71 bits per heavy atom. The number of fused-ring (bicyclic) bond motifs is 2. The van der Waals surface area contributed by atoms with E-state index in [1.807, 2.05) is 0 Å².